The number of aryl methyl sites for hydroxylation is 1. The summed E-state index contributed by atoms with van der Waals surface area (Å²) in [6, 6.07) is 7.55. The van der Waals surface area contributed by atoms with Gasteiger partial charge in [-0.15, -0.1) is 0 Å². The molecule has 0 atom stereocenters. The number of rotatable bonds is 6. The lowest BCUT2D eigenvalue weighted by atomic mass is 9.88. The molecule has 2 aromatic rings. The van der Waals surface area contributed by atoms with Crippen molar-refractivity contribution in [2.45, 2.75) is 29.6 Å². The highest BCUT2D eigenvalue weighted by Crippen LogP contribution is 2.47. The summed E-state index contributed by atoms with van der Waals surface area (Å²) < 4.78 is 77.3. The summed E-state index contributed by atoms with van der Waals surface area (Å²) in [5, 5.41) is 22.3. The van der Waals surface area contributed by atoms with Crippen LogP contribution in [0.5, 0.6) is 0 Å². The molecule has 0 spiro atoms. The molecule has 214 valence electrons. The molecule has 41 heavy (non-hydrogen) atoms. The van der Waals surface area contributed by atoms with Gasteiger partial charge < -0.3 is 19.9 Å². The maximum Gasteiger partial charge on any atom is 0.336 e. The Kier molecular flexibility index (Phi) is 6.85. The highest BCUT2D eigenvalue weighted by Gasteiger charge is 2.35. The maximum absolute atomic E-state index is 12.8. The van der Waals surface area contributed by atoms with E-state index >= 15 is 0 Å². The lowest BCUT2D eigenvalue weighted by Gasteiger charge is -2.24. The van der Waals surface area contributed by atoms with E-state index in [2.05, 4.69) is 10.3 Å². The first kappa shape index (κ1) is 28.2. The predicted molar refractivity (Wildman–Crippen MR) is 143 cm³/mol. The molecule has 0 fully saturated rings. The number of carboxylic acid groups (broad SMARTS) is 2. The second kappa shape index (κ2) is 9.95. The van der Waals surface area contributed by atoms with Crippen molar-refractivity contribution in [2.75, 3.05) is 18.4 Å². The first-order chi connectivity index (χ1) is 19.2. The number of benzene rings is 3. The molecule has 5 rings (SSSR count). The average Bonchev–Trinajstić information content (AvgIpc) is 2.88. The third-order valence-corrected chi connectivity index (χ3v) is 8.57. The van der Waals surface area contributed by atoms with Gasteiger partial charge in [-0.05, 0) is 55.2 Å². The molecular formula is C26H23N2O11S2+. The quantitative estimate of drug-likeness (QED) is 0.136. The molecular weight excluding hydrogens is 580 g/mol. The number of carbonyl (C=O) groups is 2. The zero-order valence-corrected chi connectivity index (χ0v) is 22.9. The van der Waals surface area contributed by atoms with E-state index in [9.17, 15) is 45.7 Å². The van der Waals surface area contributed by atoms with Crippen LogP contribution >= 0.6 is 0 Å². The van der Waals surface area contributed by atoms with Crippen LogP contribution in [0.15, 0.2) is 50.6 Å². The first-order valence-electron chi connectivity index (χ1n) is 12.2. The third-order valence-electron chi connectivity index (χ3n) is 6.75. The van der Waals surface area contributed by atoms with Crippen molar-refractivity contribution >= 4 is 48.8 Å². The third kappa shape index (κ3) is 4.82. The normalized spacial score (nSPS) is 14.2. The fourth-order valence-corrected chi connectivity index (χ4v) is 6.82. The van der Waals surface area contributed by atoms with E-state index in [0.29, 0.717) is 24.9 Å². The molecule has 1 aliphatic carbocycles. The SMILES string of the molecule is CC[NH+]=c1ccc2c(-c3ccc(C(=O)O)cc3C(=O)O)c3cc4c(c(S(=O)(=O)O)c3oc-2c1S(=O)(=O)O)NCCC4. The van der Waals surface area contributed by atoms with Gasteiger partial charge in [0.05, 0.1) is 16.8 Å². The number of aromatic carboxylic acids is 2. The standard InChI is InChI=1S/C26H22N2O11S2/c1-2-27-18-8-7-15-19(14-6-5-13(25(29)30)11-16(14)26(31)32)17-10-12-4-3-9-28-20(12)24(41(36,37)38)22(17)39-21(15)23(18)40(33,34)35/h5-8,10-11,28H,2-4,9H2,1H3,(H,29,30)(H,31,32)(H,33,34,35)(H,36,37,38)/p+1. The summed E-state index contributed by atoms with van der Waals surface area (Å²) in [4.78, 5) is 25.3. The molecule has 0 aromatic heterocycles. The summed E-state index contributed by atoms with van der Waals surface area (Å²) >= 11 is 0. The molecule has 2 aromatic carbocycles. The second-order valence-corrected chi connectivity index (χ2v) is 12.0. The van der Waals surface area contributed by atoms with E-state index in [1.165, 1.54) is 18.2 Å². The highest BCUT2D eigenvalue weighted by atomic mass is 32.2. The summed E-state index contributed by atoms with van der Waals surface area (Å²) in [6.45, 7) is 2.25. The zero-order valence-electron chi connectivity index (χ0n) is 21.3. The molecule has 0 saturated heterocycles. The van der Waals surface area contributed by atoms with E-state index < -0.39 is 58.9 Å². The van der Waals surface area contributed by atoms with Crippen LogP contribution in [0.3, 0.4) is 0 Å². The van der Waals surface area contributed by atoms with Crippen LogP contribution in [-0.2, 0) is 26.7 Å². The maximum atomic E-state index is 12.8. The van der Waals surface area contributed by atoms with E-state index in [4.69, 9.17) is 4.42 Å². The second-order valence-electron chi connectivity index (χ2n) is 9.29. The Labute approximate surface area is 232 Å². The number of hydrogen-bond acceptors (Lipinski definition) is 8. The molecule has 0 unspecified atom stereocenters. The van der Waals surface area contributed by atoms with E-state index in [-0.39, 0.29) is 45.2 Å². The van der Waals surface area contributed by atoms with Gasteiger partial charge in [0.2, 0.25) is 10.3 Å². The largest absolute Gasteiger partial charge is 0.478 e. The van der Waals surface area contributed by atoms with Crippen LogP contribution in [0.2, 0.25) is 0 Å². The number of carboxylic acids is 2. The first-order valence-corrected chi connectivity index (χ1v) is 15.1. The fraction of sp³-hybridized carbons (Fsp3) is 0.192. The van der Waals surface area contributed by atoms with Gasteiger partial charge in [0.15, 0.2) is 16.2 Å². The Bertz CT molecular complexity index is 2050. The van der Waals surface area contributed by atoms with Gasteiger partial charge in [0.1, 0.15) is 6.54 Å². The Balaban J connectivity index is 2.13. The van der Waals surface area contributed by atoms with Crippen LogP contribution < -0.4 is 15.7 Å². The van der Waals surface area contributed by atoms with Crippen molar-refractivity contribution < 1.29 is 55.2 Å². The van der Waals surface area contributed by atoms with Gasteiger partial charge in [-0.1, -0.05) is 6.07 Å². The zero-order chi connectivity index (χ0) is 29.9. The van der Waals surface area contributed by atoms with E-state index in [1.54, 1.807) is 13.0 Å². The van der Waals surface area contributed by atoms with Gasteiger partial charge in [-0.3, -0.25) is 9.11 Å². The van der Waals surface area contributed by atoms with Gasteiger partial charge in [0, 0.05) is 29.1 Å². The van der Waals surface area contributed by atoms with Gasteiger partial charge in [-0.25, -0.2) is 14.6 Å². The molecule has 6 N–H and O–H groups in total. The van der Waals surface area contributed by atoms with Crippen LogP contribution in [-0.4, -0.2) is 61.2 Å². The highest BCUT2D eigenvalue weighted by molar-refractivity contribution is 7.86. The van der Waals surface area contributed by atoms with Crippen molar-refractivity contribution in [3.05, 3.63) is 58.4 Å². The summed E-state index contributed by atoms with van der Waals surface area (Å²) in [5.74, 6) is -3.43. The molecule has 2 heterocycles. The van der Waals surface area contributed by atoms with Gasteiger partial charge in [0.25, 0.3) is 10.1 Å². The van der Waals surface area contributed by atoms with E-state index in [1.807, 2.05) is 0 Å². The Morgan fingerprint density at radius 3 is 2.24 bits per heavy atom. The van der Waals surface area contributed by atoms with E-state index in [0.717, 1.165) is 12.1 Å². The van der Waals surface area contributed by atoms with Crippen molar-refractivity contribution in [1.82, 2.24) is 0 Å². The molecule has 2 aliphatic heterocycles. The van der Waals surface area contributed by atoms with Crippen molar-refractivity contribution in [3.63, 3.8) is 0 Å². The lowest BCUT2D eigenvalue weighted by Crippen LogP contribution is -2.76. The minimum Gasteiger partial charge on any atom is -0.478 e. The Hall–Kier alpha value is -4.31. The number of anilines is 1. The van der Waals surface area contributed by atoms with Crippen LogP contribution in [0.4, 0.5) is 5.69 Å². The summed E-state index contributed by atoms with van der Waals surface area (Å²) in [6.07, 6.45) is 0.994. The fourth-order valence-electron chi connectivity index (χ4n) is 5.17. The molecule has 0 radical (unpaired) electrons. The van der Waals surface area contributed by atoms with Crippen molar-refractivity contribution in [3.8, 4) is 22.5 Å². The molecule has 3 aliphatic rings. The minimum atomic E-state index is -5.04. The monoisotopic (exact) mass is 603 g/mol. The molecule has 0 amide bonds. The average molecular weight is 604 g/mol. The molecule has 0 saturated carbocycles. The Morgan fingerprint density at radius 1 is 0.951 bits per heavy atom. The van der Waals surface area contributed by atoms with Crippen molar-refractivity contribution in [1.29, 1.82) is 0 Å². The summed E-state index contributed by atoms with van der Waals surface area (Å²) in [5.41, 5.74) is -0.942. The van der Waals surface area contributed by atoms with Gasteiger partial charge in [-0.2, -0.15) is 16.8 Å². The lowest BCUT2D eigenvalue weighted by molar-refractivity contribution is -0.498. The number of nitrogens with one attached hydrogen (secondary N) is 2. The molecule has 13 nitrogen and oxygen atoms in total. The topological polar surface area (TPSA) is 222 Å². The van der Waals surface area contributed by atoms with Gasteiger partial charge >= 0.3 is 22.1 Å². The molecule has 0 bridgehead atoms. The predicted octanol–water partition coefficient (Wildman–Crippen LogP) is 1.45. The van der Waals surface area contributed by atoms with Crippen LogP contribution in [0.1, 0.15) is 39.6 Å². The molecule has 15 heteroatoms. The summed E-state index contributed by atoms with van der Waals surface area (Å²) in [7, 11) is -10.1. The van der Waals surface area contributed by atoms with Crippen LogP contribution in [0.25, 0.3) is 33.4 Å². The van der Waals surface area contributed by atoms with Crippen LogP contribution in [0, 0.1) is 0 Å². The minimum absolute atomic E-state index is 0.00985. The number of hydrogen-bond donors (Lipinski definition) is 6. The Morgan fingerprint density at radius 2 is 1.63 bits per heavy atom. The number of fused-ring (bicyclic) bond motifs is 3. The smallest absolute Gasteiger partial charge is 0.336 e. The van der Waals surface area contributed by atoms with Crippen molar-refractivity contribution in [2.24, 2.45) is 0 Å².